The number of benzene rings is 3. The number of carbonyl (C=O) groups excluding carboxylic acids is 3. The van der Waals surface area contributed by atoms with Crippen molar-refractivity contribution in [2.45, 2.75) is 89.7 Å². The minimum Gasteiger partial charge on any atom is -0.452 e. The van der Waals surface area contributed by atoms with Crippen LogP contribution in [0.3, 0.4) is 0 Å². The first-order valence-electron chi connectivity index (χ1n) is 20.9. The average molecular weight is 790 g/mol. The van der Waals surface area contributed by atoms with Crippen molar-refractivity contribution >= 4 is 18.2 Å². The molecule has 11 nitrogen and oxygen atoms in total. The largest absolute Gasteiger partial charge is 0.452 e. The van der Waals surface area contributed by atoms with Crippen LogP contribution >= 0.6 is 0 Å². The zero-order chi connectivity index (χ0) is 40.0. The van der Waals surface area contributed by atoms with Crippen LogP contribution < -0.4 is 5.48 Å². The first kappa shape index (κ1) is 38.0. The molecular weight excluding hydrogens is 739 g/mol. The second-order valence-corrected chi connectivity index (χ2v) is 18.0. The van der Waals surface area contributed by atoms with Gasteiger partial charge in [0.15, 0.2) is 18.5 Å². The molecule has 8 bridgehead atoms. The lowest BCUT2D eigenvalue weighted by Gasteiger charge is -2.59. The summed E-state index contributed by atoms with van der Waals surface area (Å²) >= 11 is 0. The minimum atomic E-state index is -1.95. The molecule has 4 saturated heterocycles. The van der Waals surface area contributed by atoms with E-state index in [1.165, 1.54) is 0 Å². The number of aldehydes is 1. The van der Waals surface area contributed by atoms with E-state index in [4.69, 9.17) is 28.5 Å². The van der Waals surface area contributed by atoms with E-state index >= 15 is 4.79 Å². The molecule has 3 aromatic carbocycles. The lowest BCUT2D eigenvalue weighted by Crippen LogP contribution is -2.66. The Kier molecular flexibility index (Phi) is 9.13. The van der Waals surface area contributed by atoms with Crippen molar-refractivity contribution in [3.63, 3.8) is 0 Å². The SMILES string of the molecule is CC(C)C1=CC2CC3(C=O)C4CCC(C)C4CC2(COC24OC5OC(C(C(=O)ONCc6ccccc6)C5O2)C4O)C13C(=O)OC(c1ccccc1)c1ccccc1. The van der Waals surface area contributed by atoms with Gasteiger partial charge in [-0.3, -0.25) is 9.53 Å². The summed E-state index contributed by atoms with van der Waals surface area (Å²) in [6.07, 6.45) is 1.16. The van der Waals surface area contributed by atoms with Crippen LogP contribution in [0, 0.1) is 51.8 Å². The molecule has 0 spiro atoms. The van der Waals surface area contributed by atoms with Gasteiger partial charge in [-0.1, -0.05) is 130 Å². The van der Waals surface area contributed by atoms with E-state index in [2.05, 4.69) is 32.3 Å². The van der Waals surface area contributed by atoms with Crippen LogP contribution in [0.25, 0.3) is 0 Å². The van der Waals surface area contributed by atoms with Gasteiger partial charge in [0.1, 0.15) is 29.8 Å². The second-order valence-electron chi connectivity index (χ2n) is 18.0. The van der Waals surface area contributed by atoms with Crippen LogP contribution in [0.5, 0.6) is 0 Å². The molecule has 2 N–H and O–H groups in total. The van der Waals surface area contributed by atoms with Gasteiger partial charge in [0.25, 0.3) is 0 Å². The van der Waals surface area contributed by atoms with E-state index < -0.39 is 70.8 Å². The van der Waals surface area contributed by atoms with E-state index in [9.17, 15) is 14.7 Å². The van der Waals surface area contributed by atoms with Crippen LogP contribution in [-0.4, -0.2) is 60.5 Å². The van der Waals surface area contributed by atoms with Gasteiger partial charge >= 0.3 is 17.9 Å². The van der Waals surface area contributed by atoms with Gasteiger partial charge in [0.05, 0.1) is 18.6 Å². The highest BCUT2D eigenvalue weighted by molar-refractivity contribution is 5.92. The molecule has 58 heavy (non-hydrogen) atoms. The van der Waals surface area contributed by atoms with Crippen molar-refractivity contribution in [3.8, 4) is 0 Å². The first-order chi connectivity index (χ1) is 28.1. The zero-order valence-corrected chi connectivity index (χ0v) is 33.0. The normalized spacial score (nSPS) is 39.9. The number of rotatable bonds is 13. The zero-order valence-electron chi connectivity index (χ0n) is 33.0. The number of nitrogens with one attached hydrogen (secondary N) is 1. The molecule has 4 heterocycles. The molecule has 4 aliphatic carbocycles. The Bertz CT molecular complexity index is 2060. The fourth-order valence-corrected chi connectivity index (χ4v) is 12.8. The highest BCUT2D eigenvalue weighted by Crippen LogP contribution is 2.83. The summed E-state index contributed by atoms with van der Waals surface area (Å²) in [5, 5.41) is 11.9. The Morgan fingerprint density at radius 2 is 1.59 bits per heavy atom. The standard InChI is InChI=1S/C47H51NO10/c1-27(2)35-21-32-22-44(25-49)34-20-19-28(3)33(34)23-45(32,46(35,44)43(52)55-37(30-15-9-5-10-16-30)31-17-11-6-12-18-31)26-53-47-40(50)38-36(39(56-47)42(54-38)57-47)41(51)58-48-24-29-13-7-4-8-14-29/h4-18,21,25,27-28,32-34,36-40,42,48,50H,19-20,22-24,26H2,1-3H3. The van der Waals surface area contributed by atoms with E-state index in [-0.39, 0.29) is 30.3 Å². The smallest absolute Gasteiger partial charge is 0.333 e. The lowest BCUT2D eigenvalue weighted by atomic mass is 9.43. The van der Waals surface area contributed by atoms with Crippen molar-refractivity contribution in [3.05, 3.63) is 119 Å². The summed E-state index contributed by atoms with van der Waals surface area (Å²) in [7, 11) is 0. The molecule has 0 amide bonds. The number of hydrogen-bond acceptors (Lipinski definition) is 11. The molecular formula is C47H51NO10. The monoisotopic (exact) mass is 789 g/mol. The summed E-state index contributed by atoms with van der Waals surface area (Å²) in [6.45, 7) is 6.67. The van der Waals surface area contributed by atoms with Crippen molar-refractivity contribution in [2.24, 2.45) is 51.8 Å². The number of ether oxygens (including phenoxy) is 5. The summed E-state index contributed by atoms with van der Waals surface area (Å²) < 4.78 is 32.4. The third kappa shape index (κ3) is 5.16. The fraction of sp³-hybridized carbons (Fsp3) is 0.511. The number of fused-ring (bicyclic) bond motifs is 2. The Morgan fingerprint density at radius 1 is 0.914 bits per heavy atom. The molecule has 3 aromatic rings. The predicted octanol–water partition coefficient (Wildman–Crippen LogP) is 6.21. The van der Waals surface area contributed by atoms with Crippen molar-refractivity contribution in [1.29, 1.82) is 0 Å². The number of allylic oxidation sites excluding steroid dienone is 1. The number of hydrogen-bond donors (Lipinski definition) is 2. The fourth-order valence-electron chi connectivity index (χ4n) is 12.8. The Morgan fingerprint density at radius 3 is 2.24 bits per heavy atom. The average Bonchev–Trinajstić information content (AvgIpc) is 3.98. The van der Waals surface area contributed by atoms with Gasteiger partial charge in [-0.05, 0) is 65.5 Å². The number of esters is 1. The molecule has 0 radical (unpaired) electrons. The number of aliphatic hydroxyl groups excluding tert-OH is 1. The van der Waals surface area contributed by atoms with Crippen molar-refractivity contribution in [2.75, 3.05) is 6.61 Å². The van der Waals surface area contributed by atoms with Crippen LogP contribution in [0.1, 0.15) is 69.2 Å². The molecule has 13 atom stereocenters. The molecule has 304 valence electrons. The molecule has 13 unspecified atom stereocenters. The molecule has 4 aliphatic heterocycles. The van der Waals surface area contributed by atoms with Crippen molar-refractivity contribution in [1.82, 2.24) is 5.48 Å². The van der Waals surface area contributed by atoms with Crippen LogP contribution in [0.15, 0.2) is 103 Å². The van der Waals surface area contributed by atoms with Gasteiger partial charge in [0.2, 0.25) is 0 Å². The van der Waals surface area contributed by atoms with E-state index in [1.54, 1.807) is 0 Å². The molecule has 0 aromatic heterocycles. The molecule has 8 aliphatic rings. The maximum atomic E-state index is 15.9. The van der Waals surface area contributed by atoms with Crippen LogP contribution in [-0.2, 0) is 49.5 Å². The summed E-state index contributed by atoms with van der Waals surface area (Å²) in [5.74, 6) is -3.76. The van der Waals surface area contributed by atoms with Gasteiger partial charge in [-0.2, -0.15) is 0 Å². The molecule has 11 rings (SSSR count). The highest BCUT2D eigenvalue weighted by atomic mass is 17.0. The third-order valence-electron chi connectivity index (χ3n) is 15.2. The van der Waals surface area contributed by atoms with Gasteiger partial charge in [-0.25, -0.2) is 4.79 Å². The Balaban J connectivity index is 0.995. The predicted molar refractivity (Wildman–Crippen MR) is 207 cm³/mol. The topological polar surface area (TPSA) is 139 Å². The van der Waals surface area contributed by atoms with Crippen LogP contribution in [0.2, 0.25) is 0 Å². The maximum Gasteiger partial charge on any atom is 0.333 e. The Hall–Kier alpha value is -4.23. The number of hydroxylamine groups is 1. The van der Waals surface area contributed by atoms with Crippen LogP contribution in [0.4, 0.5) is 0 Å². The second kappa shape index (κ2) is 13.9. The van der Waals surface area contributed by atoms with E-state index in [1.807, 2.05) is 91.0 Å². The highest BCUT2D eigenvalue weighted by Gasteiger charge is 2.85. The van der Waals surface area contributed by atoms with Gasteiger partial charge in [-0.15, -0.1) is 5.48 Å². The minimum absolute atomic E-state index is 0.00913. The first-order valence-corrected chi connectivity index (χ1v) is 20.9. The van der Waals surface area contributed by atoms with Crippen molar-refractivity contribution < 1.29 is 48.0 Å². The maximum absolute atomic E-state index is 15.9. The van der Waals surface area contributed by atoms with E-state index in [0.717, 1.165) is 41.4 Å². The quantitative estimate of drug-likeness (QED) is 0.0885. The molecule has 3 saturated carbocycles. The number of carbonyl (C=O) groups is 3. The Labute approximate surface area is 338 Å². The molecule has 7 fully saturated rings. The lowest BCUT2D eigenvalue weighted by molar-refractivity contribution is -0.444. The molecule has 11 heteroatoms. The van der Waals surface area contributed by atoms with E-state index in [0.29, 0.717) is 25.3 Å². The number of aliphatic hydroxyl groups is 1. The summed E-state index contributed by atoms with van der Waals surface area (Å²) in [5.41, 5.74) is 2.90. The van der Waals surface area contributed by atoms with Gasteiger partial charge in [0, 0.05) is 5.41 Å². The summed E-state index contributed by atoms with van der Waals surface area (Å²) in [4.78, 5) is 49.0. The summed E-state index contributed by atoms with van der Waals surface area (Å²) in [6, 6.07) is 29.0. The third-order valence-corrected chi connectivity index (χ3v) is 15.2. The van der Waals surface area contributed by atoms with Gasteiger partial charge < -0.3 is 33.7 Å².